The van der Waals surface area contributed by atoms with Gasteiger partial charge in [0.1, 0.15) is 17.0 Å². The smallest absolute Gasteiger partial charge is 0.262 e. The number of aryl methyl sites for hydroxylation is 1. The van der Waals surface area contributed by atoms with Crippen LogP contribution in [0.3, 0.4) is 0 Å². The van der Waals surface area contributed by atoms with Gasteiger partial charge in [0.25, 0.3) is 11.5 Å². The second-order valence-corrected chi connectivity index (χ2v) is 8.61. The summed E-state index contributed by atoms with van der Waals surface area (Å²) in [5.74, 6) is 0.957. The van der Waals surface area contributed by atoms with Gasteiger partial charge in [-0.1, -0.05) is 31.9 Å². The summed E-state index contributed by atoms with van der Waals surface area (Å²) >= 11 is 0. The Morgan fingerprint density at radius 2 is 2.03 bits per heavy atom. The third-order valence-electron chi connectivity index (χ3n) is 6.47. The molecule has 1 saturated heterocycles. The maximum atomic E-state index is 13.0. The average Bonchev–Trinajstić information content (AvgIpc) is 3.51. The van der Waals surface area contributed by atoms with Crippen LogP contribution in [0.1, 0.15) is 44.3 Å². The van der Waals surface area contributed by atoms with E-state index in [-0.39, 0.29) is 24.1 Å². The lowest BCUT2D eigenvalue weighted by Crippen LogP contribution is -2.42. The summed E-state index contributed by atoms with van der Waals surface area (Å²) in [4.78, 5) is 34.9. The monoisotopic (exact) mass is 451 g/mol. The van der Waals surface area contributed by atoms with E-state index >= 15 is 0 Å². The molecule has 9 nitrogen and oxygen atoms in total. The molecule has 2 aromatic heterocycles. The first-order valence-electron chi connectivity index (χ1n) is 11.7. The van der Waals surface area contributed by atoms with Crippen molar-refractivity contribution in [3.8, 4) is 17.1 Å². The number of benzene rings is 1. The highest BCUT2D eigenvalue weighted by atomic mass is 16.5. The minimum Gasteiger partial charge on any atom is -0.484 e. The predicted octanol–water partition coefficient (Wildman–Crippen LogP) is 2.70. The van der Waals surface area contributed by atoms with Crippen molar-refractivity contribution in [2.75, 3.05) is 32.9 Å². The number of aromatic amines is 1. The Bertz CT molecular complexity index is 1210. The number of ether oxygens (including phenoxy) is 2. The van der Waals surface area contributed by atoms with Crippen molar-refractivity contribution in [2.45, 2.75) is 45.1 Å². The van der Waals surface area contributed by atoms with Gasteiger partial charge >= 0.3 is 0 Å². The number of amides is 1. The van der Waals surface area contributed by atoms with Gasteiger partial charge in [0.2, 0.25) is 0 Å². The van der Waals surface area contributed by atoms with E-state index in [1.165, 1.54) is 12.8 Å². The normalized spacial score (nSPS) is 17.1. The van der Waals surface area contributed by atoms with Crippen LogP contribution in [-0.4, -0.2) is 63.5 Å². The Morgan fingerprint density at radius 3 is 2.79 bits per heavy atom. The molecule has 0 bridgehead atoms. The van der Waals surface area contributed by atoms with Gasteiger partial charge < -0.3 is 19.4 Å². The van der Waals surface area contributed by atoms with Crippen LogP contribution in [0.15, 0.2) is 29.1 Å². The molecule has 1 N–H and O–H groups in total. The summed E-state index contributed by atoms with van der Waals surface area (Å²) in [6.07, 6.45) is 5.15. The predicted molar refractivity (Wildman–Crippen MR) is 123 cm³/mol. The second kappa shape index (κ2) is 9.35. The number of nitrogens with zero attached hydrogens (tertiary/aromatic N) is 4. The molecule has 1 amide bonds. The van der Waals surface area contributed by atoms with Crippen LogP contribution in [0.2, 0.25) is 0 Å². The van der Waals surface area contributed by atoms with Crippen molar-refractivity contribution >= 4 is 16.9 Å². The van der Waals surface area contributed by atoms with Gasteiger partial charge in [0.05, 0.1) is 24.9 Å². The van der Waals surface area contributed by atoms with Crippen LogP contribution in [0, 0.1) is 0 Å². The standard InChI is InChI=1S/C24H29N5O4/c1-2-19-21-23(29(27-19)17-7-3-4-8-17)25-22(26-24(21)31)16-6-5-9-18(14-16)33-15-20(30)28-10-12-32-13-11-28/h5-6,9,14,17H,2-4,7-8,10-13,15H2,1H3,(H,25,26,31). The summed E-state index contributed by atoms with van der Waals surface area (Å²) in [7, 11) is 0. The third-order valence-corrected chi connectivity index (χ3v) is 6.47. The molecule has 1 aromatic carbocycles. The molecular formula is C24H29N5O4. The molecule has 0 unspecified atom stereocenters. The average molecular weight is 452 g/mol. The van der Waals surface area contributed by atoms with Gasteiger partial charge in [-0.3, -0.25) is 9.59 Å². The van der Waals surface area contributed by atoms with Crippen LogP contribution in [-0.2, 0) is 16.0 Å². The van der Waals surface area contributed by atoms with Crippen molar-refractivity contribution in [1.82, 2.24) is 24.6 Å². The molecule has 0 atom stereocenters. The van der Waals surface area contributed by atoms with Gasteiger partial charge in [-0.25, -0.2) is 9.67 Å². The van der Waals surface area contributed by atoms with Crippen molar-refractivity contribution in [3.63, 3.8) is 0 Å². The summed E-state index contributed by atoms with van der Waals surface area (Å²) < 4.78 is 13.0. The Morgan fingerprint density at radius 1 is 1.24 bits per heavy atom. The maximum Gasteiger partial charge on any atom is 0.262 e. The SMILES string of the molecule is CCc1nn(C2CCCC2)c2nc(-c3cccc(OCC(=O)N4CCOCC4)c3)[nH]c(=O)c12. The van der Waals surface area contributed by atoms with Gasteiger partial charge in [0, 0.05) is 18.7 Å². The number of carbonyl (C=O) groups excluding carboxylic acids is 1. The number of H-pyrrole nitrogens is 1. The van der Waals surface area contributed by atoms with E-state index in [4.69, 9.17) is 19.6 Å². The number of nitrogens with one attached hydrogen (secondary N) is 1. The van der Waals surface area contributed by atoms with E-state index in [2.05, 4.69) is 4.98 Å². The molecule has 2 fully saturated rings. The molecule has 0 spiro atoms. The number of rotatable bonds is 6. The quantitative estimate of drug-likeness (QED) is 0.618. The van der Waals surface area contributed by atoms with Crippen molar-refractivity contribution in [2.24, 2.45) is 0 Å². The topological polar surface area (TPSA) is 102 Å². The Labute approximate surface area is 191 Å². The first-order valence-corrected chi connectivity index (χ1v) is 11.7. The highest BCUT2D eigenvalue weighted by Gasteiger charge is 2.24. The Kier molecular flexibility index (Phi) is 6.13. The van der Waals surface area contributed by atoms with Gasteiger partial charge in [-0.2, -0.15) is 5.10 Å². The van der Waals surface area contributed by atoms with E-state index in [0.717, 1.165) is 24.1 Å². The zero-order valence-electron chi connectivity index (χ0n) is 18.9. The third kappa shape index (κ3) is 4.37. The van der Waals surface area contributed by atoms with E-state index in [0.29, 0.717) is 55.3 Å². The summed E-state index contributed by atoms with van der Waals surface area (Å²) in [5.41, 5.74) is 1.98. The van der Waals surface area contributed by atoms with Crippen LogP contribution in [0.5, 0.6) is 5.75 Å². The zero-order chi connectivity index (χ0) is 22.8. The molecule has 33 heavy (non-hydrogen) atoms. The molecule has 5 rings (SSSR count). The Balaban J connectivity index is 1.42. The van der Waals surface area contributed by atoms with Crippen molar-refractivity contribution in [1.29, 1.82) is 0 Å². The van der Waals surface area contributed by atoms with Crippen LogP contribution >= 0.6 is 0 Å². The minimum absolute atomic E-state index is 0.0409. The molecule has 3 heterocycles. The molecule has 174 valence electrons. The number of carbonyl (C=O) groups is 1. The molecule has 1 saturated carbocycles. The number of hydrogen-bond acceptors (Lipinski definition) is 6. The summed E-state index contributed by atoms with van der Waals surface area (Å²) in [6.45, 7) is 4.25. The van der Waals surface area contributed by atoms with Gasteiger partial charge in [0.15, 0.2) is 12.3 Å². The van der Waals surface area contributed by atoms with Crippen LogP contribution in [0.4, 0.5) is 0 Å². The van der Waals surface area contributed by atoms with E-state index in [1.54, 1.807) is 17.0 Å². The van der Waals surface area contributed by atoms with E-state index in [1.807, 2.05) is 23.7 Å². The maximum absolute atomic E-state index is 13.0. The van der Waals surface area contributed by atoms with E-state index < -0.39 is 0 Å². The lowest BCUT2D eigenvalue weighted by Gasteiger charge is -2.26. The highest BCUT2D eigenvalue weighted by molar-refractivity contribution is 5.80. The zero-order valence-corrected chi connectivity index (χ0v) is 18.9. The van der Waals surface area contributed by atoms with E-state index in [9.17, 15) is 9.59 Å². The minimum atomic E-state index is -0.176. The van der Waals surface area contributed by atoms with Gasteiger partial charge in [-0.05, 0) is 31.4 Å². The van der Waals surface area contributed by atoms with Crippen LogP contribution in [0.25, 0.3) is 22.4 Å². The molecule has 0 radical (unpaired) electrons. The Hall–Kier alpha value is -3.20. The van der Waals surface area contributed by atoms with Crippen LogP contribution < -0.4 is 10.3 Å². The first kappa shape index (κ1) is 21.6. The first-order chi connectivity index (χ1) is 16.1. The molecule has 1 aliphatic carbocycles. The lowest BCUT2D eigenvalue weighted by molar-refractivity contribution is -0.137. The fourth-order valence-electron chi connectivity index (χ4n) is 4.68. The fraction of sp³-hybridized carbons (Fsp3) is 0.500. The number of morpholine rings is 1. The lowest BCUT2D eigenvalue weighted by atomic mass is 10.2. The number of fused-ring (bicyclic) bond motifs is 1. The molecule has 2 aliphatic rings. The molecular weight excluding hydrogens is 422 g/mol. The van der Waals surface area contributed by atoms with Gasteiger partial charge in [-0.15, -0.1) is 0 Å². The largest absolute Gasteiger partial charge is 0.484 e. The fourth-order valence-corrected chi connectivity index (χ4v) is 4.68. The molecule has 9 heteroatoms. The van der Waals surface area contributed by atoms with Crippen molar-refractivity contribution < 1.29 is 14.3 Å². The summed E-state index contributed by atoms with van der Waals surface area (Å²) in [6, 6.07) is 7.59. The second-order valence-electron chi connectivity index (χ2n) is 8.61. The summed E-state index contributed by atoms with van der Waals surface area (Å²) in [5, 5.41) is 5.33. The highest BCUT2D eigenvalue weighted by Crippen LogP contribution is 2.32. The number of hydrogen-bond donors (Lipinski definition) is 1. The van der Waals surface area contributed by atoms with Crippen molar-refractivity contribution in [3.05, 3.63) is 40.3 Å². The molecule has 3 aromatic rings. The number of aromatic nitrogens is 4. The molecule has 1 aliphatic heterocycles.